The molecule has 98 valence electrons. The van der Waals surface area contributed by atoms with Crippen LogP contribution >= 0.6 is 0 Å². The second-order valence-electron chi connectivity index (χ2n) is 4.63. The Labute approximate surface area is 99.0 Å². The zero-order valence-electron chi connectivity index (χ0n) is 10.3. The monoisotopic (exact) mass is 249 g/mol. The number of aromatic nitrogens is 2. The third kappa shape index (κ3) is 4.38. The van der Waals surface area contributed by atoms with E-state index in [0.717, 1.165) is 12.5 Å². The van der Waals surface area contributed by atoms with Crippen LogP contribution in [-0.2, 0) is 12.7 Å². The van der Waals surface area contributed by atoms with Gasteiger partial charge in [0.05, 0.1) is 6.54 Å². The van der Waals surface area contributed by atoms with Gasteiger partial charge in [-0.1, -0.05) is 6.92 Å². The highest BCUT2D eigenvalue weighted by Gasteiger charge is 2.33. The van der Waals surface area contributed by atoms with Crippen LogP contribution in [0.1, 0.15) is 32.9 Å². The molecule has 0 fully saturated rings. The van der Waals surface area contributed by atoms with Crippen molar-refractivity contribution in [3.05, 3.63) is 18.0 Å². The highest BCUT2D eigenvalue weighted by Crippen LogP contribution is 2.27. The first-order chi connectivity index (χ1) is 7.74. The molecule has 1 rings (SSSR count). The molecule has 1 aromatic rings. The molecule has 0 aliphatic rings. The van der Waals surface area contributed by atoms with Crippen molar-refractivity contribution in [3.63, 3.8) is 0 Å². The van der Waals surface area contributed by atoms with Gasteiger partial charge in [0.25, 0.3) is 0 Å². The van der Waals surface area contributed by atoms with Gasteiger partial charge >= 0.3 is 6.18 Å². The maximum atomic E-state index is 12.3. The van der Waals surface area contributed by atoms with Crippen LogP contribution in [0.2, 0.25) is 0 Å². The van der Waals surface area contributed by atoms with Gasteiger partial charge in [0.15, 0.2) is 5.69 Å². The number of halogens is 3. The Morgan fingerprint density at radius 1 is 1.35 bits per heavy atom. The van der Waals surface area contributed by atoms with Crippen molar-refractivity contribution in [2.45, 2.75) is 45.5 Å². The maximum absolute atomic E-state index is 12.3. The molecule has 0 aliphatic carbocycles. The van der Waals surface area contributed by atoms with Crippen molar-refractivity contribution < 1.29 is 13.2 Å². The highest BCUT2D eigenvalue weighted by atomic mass is 19.4. The van der Waals surface area contributed by atoms with Gasteiger partial charge < -0.3 is 5.32 Å². The molecule has 0 unspecified atom stereocenters. The summed E-state index contributed by atoms with van der Waals surface area (Å²) >= 11 is 0. The van der Waals surface area contributed by atoms with Crippen LogP contribution in [0.4, 0.5) is 13.2 Å². The van der Waals surface area contributed by atoms with E-state index in [-0.39, 0.29) is 5.54 Å². The molecule has 0 atom stereocenters. The van der Waals surface area contributed by atoms with Gasteiger partial charge in [0, 0.05) is 18.3 Å². The summed E-state index contributed by atoms with van der Waals surface area (Å²) in [6.45, 7) is 7.19. The predicted octanol–water partition coefficient (Wildman–Crippen LogP) is 2.68. The summed E-state index contributed by atoms with van der Waals surface area (Å²) in [7, 11) is 0. The Hall–Kier alpha value is -1.04. The van der Waals surface area contributed by atoms with Gasteiger partial charge in [-0.3, -0.25) is 4.68 Å². The van der Waals surface area contributed by atoms with Gasteiger partial charge in [-0.05, 0) is 26.3 Å². The van der Waals surface area contributed by atoms with Crippen LogP contribution in [0.25, 0.3) is 0 Å². The van der Waals surface area contributed by atoms with Crippen LogP contribution in [0.5, 0.6) is 0 Å². The number of alkyl halides is 3. The topological polar surface area (TPSA) is 29.9 Å². The molecule has 0 radical (unpaired) electrons. The Balaban J connectivity index is 2.46. The minimum atomic E-state index is -4.36. The zero-order valence-corrected chi connectivity index (χ0v) is 10.3. The average Bonchev–Trinajstić information content (AvgIpc) is 2.66. The van der Waals surface area contributed by atoms with Crippen molar-refractivity contribution in [2.75, 3.05) is 6.54 Å². The standard InChI is InChI=1S/C11H18F3N3/c1-4-10(2,3)15-6-8-17-7-5-9(16-17)11(12,13)14/h5,7,15H,4,6,8H2,1-3H3. The van der Waals surface area contributed by atoms with Crippen molar-refractivity contribution in [3.8, 4) is 0 Å². The Kier molecular flexibility index (Phi) is 4.19. The zero-order chi connectivity index (χ0) is 13.1. The maximum Gasteiger partial charge on any atom is 0.435 e. The van der Waals surface area contributed by atoms with Crippen molar-refractivity contribution in [2.24, 2.45) is 0 Å². The van der Waals surface area contributed by atoms with E-state index >= 15 is 0 Å². The normalized spacial score (nSPS) is 13.1. The number of rotatable bonds is 5. The van der Waals surface area contributed by atoms with Crippen molar-refractivity contribution in [1.82, 2.24) is 15.1 Å². The minimum absolute atomic E-state index is 0.00000992. The van der Waals surface area contributed by atoms with E-state index in [2.05, 4.69) is 31.2 Å². The van der Waals surface area contributed by atoms with E-state index in [1.807, 2.05) is 0 Å². The largest absolute Gasteiger partial charge is 0.435 e. The predicted molar refractivity (Wildman–Crippen MR) is 59.6 cm³/mol. The quantitative estimate of drug-likeness (QED) is 0.869. The summed E-state index contributed by atoms with van der Waals surface area (Å²) < 4.78 is 38.1. The lowest BCUT2D eigenvalue weighted by atomic mass is 10.0. The smallest absolute Gasteiger partial charge is 0.310 e. The van der Waals surface area contributed by atoms with Gasteiger partial charge in [-0.2, -0.15) is 18.3 Å². The third-order valence-corrected chi connectivity index (χ3v) is 2.76. The van der Waals surface area contributed by atoms with E-state index in [0.29, 0.717) is 13.1 Å². The molecular weight excluding hydrogens is 231 g/mol. The van der Waals surface area contributed by atoms with E-state index < -0.39 is 11.9 Å². The number of hydrogen-bond acceptors (Lipinski definition) is 2. The van der Waals surface area contributed by atoms with E-state index in [9.17, 15) is 13.2 Å². The van der Waals surface area contributed by atoms with E-state index in [4.69, 9.17) is 0 Å². The van der Waals surface area contributed by atoms with Crippen molar-refractivity contribution in [1.29, 1.82) is 0 Å². The average molecular weight is 249 g/mol. The molecule has 0 saturated carbocycles. The lowest BCUT2D eigenvalue weighted by Crippen LogP contribution is -2.40. The van der Waals surface area contributed by atoms with Crippen LogP contribution in [0, 0.1) is 0 Å². The molecule has 0 amide bonds. The number of nitrogens with zero attached hydrogens (tertiary/aromatic N) is 2. The first-order valence-electron chi connectivity index (χ1n) is 5.60. The lowest BCUT2D eigenvalue weighted by Gasteiger charge is -2.24. The molecule has 0 spiro atoms. The number of nitrogens with one attached hydrogen (secondary N) is 1. The van der Waals surface area contributed by atoms with Gasteiger partial charge in [-0.15, -0.1) is 0 Å². The van der Waals surface area contributed by atoms with Crippen LogP contribution in [0.3, 0.4) is 0 Å². The summed E-state index contributed by atoms with van der Waals surface area (Å²) in [6, 6.07) is 0.991. The Morgan fingerprint density at radius 3 is 2.47 bits per heavy atom. The fourth-order valence-electron chi connectivity index (χ4n) is 1.27. The van der Waals surface area contributed by atoms with Crippen LogP contribution in [0.15, 0.2) is 12.3 Å². The second-order valence-corrected chi connectivity index (χ2v) is 4.63. The summed E-state index contributed by atoms with van der Waals surface area (Å²) in [4.78, 5) is 0. The molecule has 17 heavy (non-hydrogen) atoms. The SMILES string of the molecule is CCC(C)(C)NCCn1ccc(C(F)(F)F)n1. The van der Waals surface area contributed by atoms with E-state index in [1.54, 1.807) is 0 Å². The summed E-state index contributed by atoms with van der Waals surface area (Å²) in [5, 5.41) is 6.74. The molecule has 6 heteroatoms. The summed E-state index contributed by atoms with van der Waals surface area (Å²) in [6.07, 6.45) is -2.05. The minimum Gasteiger partial charge on any atom is -0.310 e. The van der Waals surface area contributed by atoms with Gasteiger partial charge in [-0.25, -0.2) is 0 Å². The van der Waals surface area contributed by atoms with Crippen molar-refractivity contribution >= 4 is 0 Å². The molecule has 1 N–H and O–H groups in total. The summed E-state index contributed by atoms with van der Waals surface area (Å²) in [5.41, 5.74) is -0.840. The molecule has 0 bridgehead atoms. The fraction of sp³-hybridized carbons (Fsp3) is 0.727. The van der Waals surface area contributed by atoms with Gasteiger partial charge in [0.1, 0.15) is 0 Å². The first-order valence-corrected chi connectivity index (χ1v) is 5.60. The first kappa shape index (κ1) is 14.0. The molecule has 0 aliphatic heterocycles. The van der Waals surface area contributed by atoms with Crippen LogP contribution in [-0.4, -0.2) is 21.9 Å². The molecule has 1 aromatic heterocycles. The Bertz CT molecular complexity index is 355. The molecule has 3 nitrogen and oxygen atoms in total. The second kappa shape index (κ2) is 5.08. The highest BCUT2D eigenvalue weighted by molar-refractivity contribution is 5.03. The molecular formula is C11H18F3N3. The molecule has 0 saturated heterocycles. The van der Waals surface area contributed by atoms with Gasteiger partial charge in [0.2, 0.25) is 0 Å². The number of hydrogen-bond donors (Lipinski definition) is 1. The van der Waals surface area contributed by atoms with Crippen LogP contribution < -0.4 is 5.32 Å². The molecule has 0 aromatic carbocycles. The Morgan fingerprint density at radius 2 is 2.00 bits per heavy atom. The van der Waals surface area contributed by atoms with E-state index in [1.165, 1.54) is 10.9 Å². The lowest BCUT2D eigenvalue weighted by molar-refractivity contribution is -0.141. The summed E-state index contributed by atoms with van der Waals surface area (Å²) in [5.74, 6) is 0. The third-order valence-electron chi connectivity index (χ3n) is 2.76. The fourth-order valence-corrected chi connectivity index (χ4v) is 1.27. The molecule has 1 heterocycles.